The molecule has 1 aliphatic rings. The van der Waals surface area contributed by atoms with E-state index in [9.17, 15) is 5.11 Å². The first-order valence-electron chi connectivity index (χ1n) is 7.07. The summed E-state index contributed by atoms with van der Waals surface area (Å²) in [5, 5.41) is 10.7. The van der Waals surface area contributed by atoms with Gasteiger partial charge in [-0.25, -0.2) is 0 Å². The van der Waals surface area contributed by atoms with Gasteiger partial charge in [-0.15, -0.1) is 0 Å². The second kappa shape index (κ2) is 6.14. The summed E-state index contributed by atoms with van der Waals surface area (Å²) in [5.41, 5.74) is 0.0330. The fraction of sp³-hybridized carbons (Fsp3) is 0.562. The lowest BCUT2D eigenvalue weighted by Gasteiger charge is -2.25. The lowest BCUT2D eigenvalue weighted by molar-refractivity contribution is 0.0840. The summed E-state index contributed by atoms with van der Waals surface area (Å²) >= 11 is 0. The van der Waals surface area contributed by atoms with Crippen molar-refractivity contribution in [3.63, 3.8) is 0 Å². The molecule has 0 radical (unpaired) electrons. The molecular formula is C16H23NO. The first-order chi connectivity index (χ1) is 8.74. The number of rotatable bonds is 4. The Hall–Kier alpha value is -1.15. The highest BCUT2D eigenvalue weighted by Crippen LogP contribution is 2.29. The molecule has 1 fully saturated rings. The van der Waals surface area contributed by atoms with Gasteiger partial charge in [0.15, 0.2) is 0 Å². The second-order valence-electron chi connectivity index (χ2n) is 5.28. The van der Waals surface area contributed by atoms with E-state index < -0.39 is 5.60 Å². The molecule has 0 aliphatic heterocycles. The number of hydrogen-bond acceptors (Lipinski definition) is 2. The standard InChI is InChI=1S/C16H23NO/c1-2-16(18,15-9-6-12-17-13-15)11-10-14-7-4-3-5-8-14/h6,9-14,18H,2-5,7-8H2,1H3. The Labute approximate surface area is 110 Å². The summed E-state index contributed by atoms with van der Waals surface area (Å²) in [6, 6.07) is 3.83. The molecule has 1 aliphatic carbocycles. The van der Waals surface area contributed by atoms with E-state index in [1.54, 1.807) is 12.4 Å². The number of aromatic nitrogens is 1. The second-order valence-corrected chi connectivity index (χ2v) is 5.28. The van der Waals surface area contributed by atoms with Gasteiger partial charge in [-0.1, -0.05) is 44.4 Å². The molecule has 18 heavy (non-hydrogen) atoms. The van der Waals surface area contributed by atoms with Gasteiger partial charge in [0.2, 0.25) is 0 Å². The predicted octanol–water partition coefficient (Wildman–Crippen LogP) is 3.82. The molecule has 2 nitrogen and oxygen atoms in total. The number of pyridine rings is 1. The number of hydrogen-bond donors (Lipinski definition) is 1. The summed E-state index contributed by atoms with van der Waals surface area (Å²) in [6.07, 6.45) is 14.9. The molecule has 98 valence electrons. The molecule has 2 rings (SSSR count). The van der Waals surface area contributed by atoms with Crippen LogP contribution in [-0.2, 0) is 5.60 Å². The molecule has 1 N–H and O–H groups in total. The van der Waals surface area contributed by atoms with Crippen LogP contribution in [-0.4, -0.2) is 10.1 Å². The summed E-state index contributed by atoms with van der Waals surface area (Å²) in [5.74, 6) is 0.647. The van der Waals surface area contributed by atoms with Gasteiger partial charge >= 0.3 is 0 Å². The van der Waals surface area contributed by atoms with Crippen LogP contribution < -0.4 is 0 Å². The highest BCUT2D eigenvalue weighted by atomic mass is 16.3. The summed E-state index contributed by atoms with van der Waals surface area (Å²) in [4.78, 5) is 4.10. The zero-order valence-corrected chi connectivity index (χ0v) is 11.2. The average Bonchev–Trinajstić information content (AvgIpc) is 2.47. The minimum Gasteiger partial charge on any atom is -0.381 e. The fourth-order valence-corrected chi connectivity index (χ4v) is 2.66. The van der Waals surface area contributed by atoms with Crippen molar-refractivity contribution in [3.8, 4) is 0 Å². The van der Waals surface area contributed by atoms with Gasteiger partial charge < -0.3 is 5.11 Å². The summed E-state index contributed by atoms with van der Waals surface area (Å²) < 4.78 is 0. The molecule has 0 bridgehead atoms. The number of allylic oxidation sites excluding steroid dienone is 1. The molecule has 2 heteroatoms. The fourth-order valence-electron chi connectivity index (χ4n) is 2.66. The van der Waals surface area contributed by atoms with Crippen molar-refractivity contribution in [2.75, 3.05) is 0 Å². The van der Waals surface area contributed by atoms with Crippen LogP contribution in [0.5, 0.6) is 0 Å². The average molecular weight is 245 g/mol. The number of aliphatic hydroxyl groups is 1. The molecule has 1 aromatic rings. The van der Waals surface area contributed by atoms with Crippen LogP contribution in [0.4, 0.5) is 0 Å². The Morgan fingerprint density at radius 2 is 2.17 bits per heavy atom. The molecular weight excluding hydrogens is 222 g/mol. The minimum absolute atomic E-state index is 0.647. The third-order valence-corrected chi connectivity index (χ3v) is 3.99. The van der Waals surface area contributed by atoms with Crippen LogP contribution in [0, 0.1) is 5.92 Å². The predicted molar refractivity (Wildman–Crippen MR) is 74.1 cm³/mol. The largest absolute Gasteiger partial charge is 0.381 e. The minimum atomic E-state index is -0.855. The van der Waals surface area contributed by atoms with E-state index >= 15 is 0 Å². The maximum Gasteiger partial charge on any atom is 0.109 e. The zero-order valence-electron chi connectivity index (χ0n) is 11.2. The molecule has 1 unspecified atom stereocenters. The molecule has 0 saturated heterocycles. The quantitative estimate of drug-likeness (QED) is 0.818. The first-order valence-corrected chi connectivity index (χ1v) is 7.07. The van der Waals surface area contributed by atoms with Crippen LogP contribution in [0.3, 0.4) is 0 Å². The van der Waals surface area contributed by atoms with Gasteiger partial charge in [-0.05, 0) is 31.2 Å². The smallest absolute Gasteiger partial charge is 0.109 e. The van der Waals surface area contributed by atoms with Crippen molar-refractivity contribution in [2.24, 2.45) is 5.92 Å². The summed E-state index contributed by atoms with van der Waals surface area (Å²) in [6.45, 7) is 2.01. The van der Waals surface area contributed by atoms with Crippen LogP contribution in [0.2, 0.25) is 0 Å². The van der Waals surface area contributed by atoms with Crippen LogP contribution in [0.25, 0.3) is 0 Å². The van der Waals surface area contributed by atoms with Crippen LogP contribution in [0.15, 0.2) is 36.7 Å². The van der Waals surface area contributed by atoms with Gasteiger partial charge in [0.25, 0.3) is 0 Å². The molecule has 1 aromatic heterocycles. The van der Waals surface area contributed by atoms with E-state index in [1.807, 2.05) is 25.1 Å². The van der Waals surface area contributed by atoms with Gasteiger partial charge in [-0.3, -0.25) is 4.98 Å². The SMILES string of the molecule is CCC(O)(C=CC1CCCCC1)c1cccnc1. The van der Waals surface area contributed by atoms with Crippen molar-refractivity contribution < 1.29 is 5.11 Å². The maximum atomic E-state index is 10.7. The van der Waals surface area contributed by atoms with E-state index in [0.29, 0.717) is 12.3 Å². The normalized spacial score (nSPS) is 21.0. The van der Waals surface area contributed by atoms with E-state index in [-0.39, 0.29) is 0 Å². The van der Waals surface area contributed by atoms with Crippen molar-refractivity contribution in [1.82, 2.24) is 4.98 Å². The van der Waals surface area contributed by atoms with Crippen molar-refractivity contribution in [1.29, 1.82) is 0 Å². The monoisotopic (exact) mass is 245 g/mol. The van der Waals surface area contributed by atoms with E-state index in [0.717, 1.165) is 5.56 Å². The van der Waals surface area contributed by atoms with Crippen molar-refractivity contribution in [3.05, 3.63) is 42.2 Å². The lowest BCUT2D eigenvalue weighted by Crippen LogP contribution is -2.22. The maximum absolute atomic E-state index is 10.7. The topological polar surface area (TPSA) is 33.1 Å². The van der Waals surface area contributed by atoms with Gasteiger partial charge in [-0.2, -0.15) is 0 Å². The molecule has 1 heterocycles. The third-order valence-electron chi connectivity index (χ3n) is 3.99. The molecule has 0 aromatic carbocycles. The highest BCUT2D eigenvalue weighted by Gasteiger charge is 2.24. The number of nitrogens with zero attached hydrogens (tertiary/aromatic N) is 1. The van der Waals surface area contributed by atoms with E-state index in [2.05, 4.69) is 11.1 Å². The Kier molecular flexibility index (Phi) is 4.54. The Bertz CT molecular complexity index is 381. The van der Waals surface area contributed by atoms with E-state index in [4.69, 9.17) is 0 Å². The third kappa shape index (κ3) is 3.20. The molecule has 1 saturated carbocycles. The van der Waals surface area contributed by atoms with Crippen molar-refractivity contribution in [2.45, 2.75) is 51.0 Å². The van der Waals surface area contributed by atoms with Gasteiger partial charge in [0, 0.05) is 18.0 Å². The van der Waals surface area contributed by atoms with E-state index in [1.165, 1.54) is 32.1 Å². The zero-order chi connectivity index (χ0) is 12.8. The molecule has 0 spiro atoms. The first kappa shape index (κ1) is 13.3. The molecule has 1 atom stereocenters. The van der Waals surface area contributed by atoms with Gasteiger partial charge in [0.1, 0.15) is 5.60 Å². The van der Waals surface area contributed by atoms with Crippen LogP contribution >= 0.6 is 0 Å². The Morgan fingerprint density at radius 3 is 2.78 bits per heavy atom. The van der Waals surface area contributed by atoms with Crippen molar-refractivity contribution >= 4 is 0 Å². The van der Waals surface area contributed by atoms with Gasteiger partial charge in [0.05, 0.1) is 0 Å². The lowest BCUT2D eigenvalue weighted by atomic mass is 9.85. The molecule has 0 amide bonds. The summed E-state index contributed by atoms with van der Waals surface area (Å²) in [7, 11) is 0. The Balaban J connectivity index is 2.10. The Morgan fingerprint density at radius 1 is 1.39 bits per heavy atom. The van der Waals surface area contributed by atoms with Crippen LogP contribution in [0.1, 0.15) is 51.0 Å². The highest BCUT2D eigenvalue weighted by molar-refractivity contribution is 5.24.